The van der Waals surface area contributed by atoms with E-state index in [1.807, 2.05) is 0 Å². The van der Waals surface area contributed by atoms with Gasteiger partial charge in [-0.05, 0) is 17.7 Å². The molecule has 1 saturated heterocycles. The van der Waals surface area contributed by atoms with E-state index in [4.69, 9.17) is 9.47 Å². The molecule has 0 saturated carbocycles. The molecular formula is C12H13F3N2O2. The largest absolute Gasteiger partial charge is 0.463 e. The van der Waals surface area contributed by atoms with Crippen molar-refractivity contribution < 1.29 is 22.6 Å². The Morgan fingerprint density at radius 2 is 1.89 bits per heavy atom. The number of benzene rings is 1. The molecule has 0 atom stereocenters. The van der Waals surface area contributed by atoms with E-state index >= 15 is 0 Å². The predicted molar refractivity (Wildman–Crippen MR) is 59.9 cm³/mol. The average Bonchev–Trinajstić information content (AvgIpc) is 3.07. The van der Waals surface area contributed by atoms with Crippen LogP contribution in [0.5, 0.6) is 5.75 Å². The van der Waals surface area contributed by atoms with Crippen LogP contribution in [-0.4, -0.2) is 12.0 Å². The van der Waals surface area contributed by atoms with Gasteiger partial charge in [0.2, 0.25) is 11.4 Å². The third kappa shape index (κ3) is 1.98. The third-order valence-electron chi connectivity index (χ3n) is 3.22. The number of alkyl halides is 3. The predicted octanol–water partition coefficient (Wildman–Crippen LogP) is 2.15. The molecule has 0 bridgehead atoms. The Balaban J connectivity index is 1.96. The molecule has 0 aliphatic carbocycles. The topological polar surface area (TPSA) is 62.3 Å². The molecule has 0 unspecified atom stereocenters. The lowest BCUT2D eigenvalue weighted by atomic mass is 10.00. The van der Waals surface area contributed by atoms with Gasteiger partial charge in [-0.1, -0.05) is 6.07 Å². The Morgan fingerprint density at radius 3 is 2.47 bits per heavy atom. The van der Waals surface area contributed by atoms with Crippen LogP contribution in [0.2, 0.25) is 0 Å². The number of ether oxygens (including phenoxy) is 2. The highest BCUT2D eigenvalue weighted by molar-refractivity contribution is 5.42. The Morgan fingerprint density at radius 1 is 1.21 bits per heavy atom. The molecule has 0 amide bonds. The van der Waals surface area contributed by atoms with E-state index in [2.05, 4.69) is 10.9 Å². The minimum Gasteiger partial charge on any atom is -0.463 e. The van der Waals surface area contributed by atoms with Gasteiger partial charge in [0.15, 0.2) is 0 Å². The maximum atomic E-state index is 12.9. The van der Waals surface area contributed by atoms with Gasteiger partial charge in [0, 0.05) is 19.4 Å². The highest BCUT2D eigenvalue weighted by Gasteiger charge is 2.65. The number of fused-ring (bicyclic) bond motifs is 1. The molecule has 2 N–H and O–H groups in total. The smallest absolute Gasteiger partial charge is 0.426 e. The number of hydrogen-bond acceptors (Lipinski definition) is 4. The summed E-state index contributed by atoms with van der Waals surface area (Å²) in [6, 6.07) is 4.40. The van der Waals surface area contributed by atoms with Crippen molar-refractivity contribution in [3.63, 3.8) is 0 Å². The highest BCUT2D eigenvalue weighted by atomic mass is 19.4. The molecule has 2 aliphatic rings. The first-order valence-corrected chi connectivity index (χ1v) is 5.81. The fourth-order valence-corrected chi connectivity index (χ4v) is 2.08. The van der Waals surface area contributed by atoms with Gasteiger partial charge in [-0.25, -0.2) is 10.9 Å². The van der Waals surface area contributed by atoms with E-state index in [-0.39, 0.29) is 12.2 Å². The molecular weight excluding hydrogens is 261 g/mol. The summed E-state index contributed by atoms with van der Waals surface area (Å²) in [6.07, 6.45) is -4.41. The quantitative estimate of drug-likeness (QED) is 0.770. The van der Waals surface area contributed by atoms with Crippen molar-refractivity contribution in [3.05, 3.63) is 29.3 Å². The number of hydrogen-bond donors (Lipinski definition) is 2. The molecule has 0 aromatic heterocycles. The van der Waals surface area contributed by atoms with Crippen LogP contribution in [0.25, 0.3) is 0 Å². The van der Waals surface area contributed by atoms with Gasteiger partial charge in [-0.3, -0.25) is 0 Å². The zero-order chi connectivity index (χ0) is 13.9. The van der Waals surface area contributed by atoms with Gasteiger partial charge in [0.05, 0.1) is 6.61 Å². The number of rotatable bonds is 1. The zero-order valence-corrected chi connectivity index (χ0v) is 10.4. The molecule has 0 spiro atoms. The molecule has 1 fully saturated rings. The molecule has 104 valence electrons. The Labute approximate surface area is 107 Å². The fourth-order valence-electron chi connectivity index (χ4n) is 2.08. The average molecular weight is 274 g/mol. The number of hydrazine groups is 1. The Bertz CT molecular complexity index is 524. The van der Waals surface area contributed by atoms with E-state index in [0.717, 1.165) is 0 Å². The molecule has 4 nitrogen and oxygen atoms in total. The second-order valence-corrected chi connectivity index (χ2v) is 5.11. The summed E-state index contributed by atoms with van der Waals surface area (Å²) < 4.78 is 49.8. The fraction of sp³-hybridized carbons (Fsp3) is 0.500. The van der Waals surface area contributed by atoms with Crippen molar-refractivity contribution in [3.8, 4) is 5.75 Å². The van der Waals surface area contributed by atoms with E-state index in [1.54, 1.807) is 19.9 Å². The Kier molecular flexibility index (Phi) is 2.42. The summed E-state index contributed by atoms with van der Waals surface area (Å²) >= 11 is 0. The van der Waals surface area contributed by atoms with Crippen LogP contribution in [-0.2, 0) is 17.0 Å². The van der Waals surface area contributed by atoms with Crippen LogP contribution in [0.4, 0.5) is 13.2 Å². The molecule has 7 heteroatoms. The van der Waals surface area contributed by atoms with Crippen molar-refractivity contribution >= 4 is 0 Å². The summed E-state index contributed by atoms with van der Waals surface area (Å²) in [7, 11) is 0. The van der Waals surface area contributed by atoms with Crippen LogP contribution < -0.4 is 15.6 Å². The molecule has 2 heterocycles. The van der Waals surface area contributed by atoms with Gasteiger partial charge in [-0.15, -0.1) is 0 Å². The van der Waals surface area contributed by atoms with Gasteiger partial charge < -0.3 is 9.47 Å². The monoisotopic (exact) mass is 274 g/mol. The second-order valence-electron chi connectivity index (χ2n) is 5.11. The molecule has 0 radical (unpaired) electrons. The summed E-state index contributed by atoms with van der Waals surface area (Å²) in [6.45, 7) is 3.74. The Hall–Kier alpha value is -1.31. The van der Waals surface area contributed by atoms with Gasteiger partial charge in [-0.2, -0.15) is 13.2 Å². The van der Waals surface area contributed by atoms with Crippen molar-refractivity contribution in [1.29, 1.82) is 0 Å². The van der Waals surface area contributed by atoms with Crippen LogP contribution in [0.3, 0.4) is 0 Å². The lowest BCUT2D eigenvalue weighted by Gasteiger charge is -2.33. The highest BCUT2D eigenvalue weighted by Crippen LogP contribution is 2.44. The maximum Gasteiger partial charge on any atom is 0.426 e. The second kappa shape index (κ2) is 3.62. The van der Waals surface area contributed by atoms with E-state index in [9.17, 15) is 13.2 Å². The normalized spacial score (nSPS) is 23.4. The van der Waals surface area contributed by atoms with Gasteiger partial charge >= 0.3 is 6.18 Å². The van der Waals surface area contributed by atoms with E-state index in [1.165, 1.54) is 12.1 Å². The molecule has 1 aromatic rings. The minimum absolute atomic E-state index is 0.102. The van der Waals surface area contributed by atoms with Gasteiger partial charge in [0.1, 0.15) is 5.75 Å². The number of nitrogens with one attached hydrogen (secondary N) is 2. The standard InChI is InChI=1S/C12H13F3N2O2/c1-10(2)18-6-7-5-8(3-4-9(7)19-10)11(16-17-11)12(13,14)15/h3-5,16-17H,6H2,1-2H3. The first-order chi connectivity index (χ1) is 8.74. The SMILES string of the molecule is CC1(C)OCc2cc(C3(C(F)(F)F)NN3)ccc2O1. The van der Waals surface area contributed by atoms with Crippen LogP contribution in [0.15, 0.2) is 18.2 Å². The summed E-state index contributed by atoms with van der Waals surface area (Å²) in [5, 5.41) is 0. The summed E-state index contributed by atoms with van der Waals surface area (Å²) in [4.78, 5) is 0. The molecule has 19 heavy (non-hydrogen) atoms. The summed E-state index contributed by atoms with van der Waals surface area (Å²) in [5.74, 6) is -0.204. The number of halogens is 3. The lowest BCUT2D eigenvalue weighted by molar-refractivity contribution is -0.180. The van der Waals surface area contributed by atoms with Crippen LogP contribution >= 0.6 is 0 Å². The van der Waals surface area contributed by atoms with E-state index in [0.29, 0.717) is 11.3 Å². The van der Waals surface area contributed by atoms with Crippen LogP contribution in [0.1, 0.15) is 25.0 Å². The van der Waals surface area contributed by atoms with Crippen molar-refractivity contribution in [1.82, 2.24) is 10.9 Å². The molecule has 2 aliphatic heterocycles. The summed E-state index contributed by atoms with van der Waals surface area (Å²) in [5.41, 5.74) is 2.91. The zero-order valence-electron chi connectivity index (χ0n) is 10.4. The minimum atomic E-state index is -4.41. The molecule has 1 aromatic carbocycles. The van der Waals surface area contributed by atoms with Crippen molar-refractivity contribution in [2.24, 2.45) is 0 Å². The maximum absolute atomic E-state index is 12.9. The third-order valence-corrected chi connectivity index (χ3v) is 3.22. The van der Waals surface area contributed by atoms with Crippen molar-refractivity contribution in [2.75, 3.05) is 0 Å². The van der Waals surface area contributed by atoms with E-state index < -0.39 is 17.6 Å². The van der Waals surface area contributed by atoms with Crippen LogP contribution in [0, 0.1) is 0 Å². The first-order valence-electron chi connectivity index (χ1n) is 5.81. The first kappa shape index (κ1) is 12.7. The van der Waals surface area contributed by atoms with Gasteiger partial charge in [0.25, 0.3) is 0 Å². The van der Waals surface area contributed by atoms with Crippen molar-refractivity contribution in [2.45, 2.75) is 38.1 Å². The lowest BCUT2D eigenvalue weighted by Crippen LogP contribution is -2.37. The molecule has 3 rings (SSSR count).